The second-order valence-corrected chi connectivity index (χ2v) is 9.73. The first-order valence-electron chi connectivity index (χ1n) is 10.4. The highest BCUT2D eigenvalue weighted by molar-refractivity contribution is 7.22. The van der Waals surface area contributed by atoms with E-state index in [-0.39, 0.29) is 6.04 Å². The lowest BCUT2D eigenvalue weighted by atomic mass is 10.1. The molecule has 0 saturated carbocycles. The number of anilines is 1. The fourth-order valence-corrected chi connectivity index (χ4v) is 5.90. The summed E-state index contributed by atoms with van der Waals surface area (Å²) in [4.78, 5) is 11.1. The summed E-state index contributed by atoms with van der Waals surface area (Å²) in [6.07, 6.45) is 0.991. The van der Waals surface area contributed by atoms with Crippen molar-refractivity contribution in [3.63, 3.8) is 0 Å². The third kappa shape index (κ3) is 3.84. The number of hydrogen-bond acceptors (Lipinski definition) is 8. The molecular weight excluding hydrogens is 414 g/mol. The molecule has 1 unspecified atom stereocenters. The van der Waals surface area contributed by atoms with E-state index in [9.17, 15) is 0 Å². The lowest BCUT2D eigenvalue weighted by molar-refractivity contribution is 0.169. The van der Waals surface area contributed by atoms with Crippen molar-refractivity contribution < 1.29 is 0 Å². The SMILES string of the molecule is CCC(c1nnnn1Cc1cccs1)N1CCN(c2nc3ccc(C)cc3s2)CC1. The first-order chi connectivity index (χ1) is 14.7. The van der Waals surface area contributed by atoms with E-state index in [2.05, 4.69) is 74.9 Å². The van der Waals surface area contributed by atoms with E-state index >= 15 is 0 Å². The zero-order valence-corrected chi connectivity index (χ0v) is 18.9. The molecule has 0 N–H and O–H groups in total. The Balaban J connectivity index is 1.29. The second kappa shape index (κ2) is 8.41. The van der Waals surface area contributed by atoms with Crippen LogP contribution < -0.4 is 4.90 Å². The zero-order valence-electron chi connectivity index (χ0n) is 17.2. The van der Waals surface area contributed by atoms with Crippen LogP contribution in [0.2, 0.25) is 0 Å². The van der Waals surface area contributed by atoms with Crippen LogP contribution in [0, 0.1) is 6.92 Å². The summed E-state index contributed by atoms with van der Waals surface area (Å²) in [6, 6.07) is 10.9. The van der Waals surface area contributed by atoms with Crippen LogP contribution >= 0.6 is 22.7 Å². The van der Waals surface area contributed by atoms with Gasteiger partial charge >= 0.3 is 0 Å². The Morgan fingerprint density at radius 3 is 2.77 bits per heavy atom. The van der Waals surface area contributed by atoms with Gasteiger partial charge in [-0.05, 0) is 52.9 Å². The number of benzene rings is 1. The average Bonchev–Trinajstić information content (AvgIpc) is 3.51. The number of aryl methyl sites for hydroxylation is 1. The van der Waals surface area contributed by atoms with E-state index < -0.39 is 0 Å². The molecule has 9 heteroatoms. The monoisotopic (exact) mass is 439 g/mol. The van der Waals surface area contributed by atoms with Crippen LogP contribution in [0.3, 0.4) is 0 Å². The molecule has 30 heavy (non-hydrogen) atoms. The van der Waals surface area contributed by atoms with E-state index in [1.165, 1.54) is 15.1 Å². The fraction of sp³-hybridized carbons (Fsp3) is 0.429. The third-order valence-electron chi connectivity index (χ3n) is 5.69. The smallest absolute Gasteiger partial charge is 0.186 e. The minimum atomic E-state index is 0.236. The van der Waals surface area contributed by atoms with Crippen LogP contribution in [0.5, 0.6) is 0 Å². The Bertz CT molecular complexity index is 1110. The maximum Gasteiger partial charge on any atom is 0.186 e. The van der Waals surface area contributed by atoms with Gasteiger partial charge in [0.15, 0.2) is 11.0 Å². The van der Waals surface area contributed by atoms with Crippen molar-refractivity contribution in [2.75, 3.05) is 31.1 Å². The van der Waals surface area contributed by atoms with Gasteiger partial charge in [0.1, 0.15) is 0 Å². The van der Waals surface area contributed by atoms with E-state index in [1.807, 2.05) is 4.68 Å². The number of fused-ring (bicyclic) bond motifs is 1. The first kappa shape index (κ1) is 19.6. The van der Waals surface area contributed by atoms with Gasteiger partial charge in [-0.2, -0.15) is 0 Å². The summed E-state index contributed by atoms with van der Waals surface area (Å²) in [6.45, 7) is 9.01. The van der Waals surface area contributed by atoms with Gasteiger partial charge in [-0.15, -0.1) is 16.4 Å². The number of aromatic nitrogens is 5. The maximum absolute atomic E-state index is 4.86. The van der Waals surface area contributed by atoms with Crippen LogP contribution in [0.1, 0.15) is 35.7 Å². The van der Waals surface area contributed by atoms with E-state index in [1.54, 1.807) is 22.7 Å². The normalized spacial score (nSPS) is 16.4. The second-order valence-electron chi connectivity index (χ2n) is 7.69. The molecule has 156 valence electrons. The summed E-state index contributed by atoms with van der Waals surface area (Å²) in [5, 5.41) is 15.9. The van der Waals surface area contributed by atoms with Crippen molar-refractivity contribution in [1.29, 1.82) is 0 Å². The molecule has 0 radical (unpaired) electrons. The minimum Gasteiger partial charge on any atom is -0.345 e. The van der Waals surface area contributed by atoms with Crippen LogP contribution in [-0.4, -0.2) is 56.3 Å². The molecule has 1 aliphatic heterocycles. The molecule has 7 nitrogen and oxygen atoms in total. The standard InChI is InChI=1S/C21H25N7S2/c1-3-18(20-23-24-25-28(20)14-16-5-4-12-29-16)26-8-10-27(11-9-26)21-22-17-7-6-15(2)13-19(17)30-21/h4-7,12-13,18H,3,8-11,14H2,1-2H3. The van der Waals surface area contributed by atoms with E-state index in [0.717, 1.165) is 55.6 Å². The van der Waals surface area contributed by atoms with Gasteiger partial charge in [0.2, 0.25) is 0 Å². The highest BCUT2D eigenvalue weighted by Crippen LogP contribution is 2.31. The van der Waals surface area contributed by atoms with Crippen molar-refractivity contribution >= 4 is 38.0 Å². The molecule has 1 aliphatic rings. The van der Waals surface area contributed by atoms with Crippen molar-refractivity contribution in [2.24, 2.45) is 0 Å². The molecule has 3 aromatic heterocycles. The Labute approximate surface area is 184 Å². The number of nitrogens with zero attached hydrogens (tertiary/aromatic N) is 7. The fourth-order valence-electron chi connectivity index (χ4n) is 4.10. The summed E-state index contributed by atoms with van der Waals surface area (Å²) in [5.41, 5.74) is 2.38. The van der Waals surface area contributed by atoms with Crippen LogP contribution in [0.25, 0.3) is 10.2 Å². The Morgan fingerprint density at radius 1 is 1.13 bits per heavy atom. The largest absolute Gasteiger partial charge is 0.345 e. The molecule has 1 fully saturated rings. The number of thiazole rings is 1. The summed E-state index contributed by atoms with van der Waals surface area (Å²) in [5.74, 6) is 0.967. The van der Waals surface area contributed by atoms with Gasteiger partial charge in [0, 0.05) is 31.1 Å². The summed E-state index contributed by atoms with van der Waals surface area (Å²) < 4.78 is 3.23. The lowest BCUT2D eigenvalue weighted by Gasteiger charge is -2.38. The van der Waals surface area contributed by atoms with Gasteiger partial charge in [0.05, 0.1) is 22.8 Å². The molecule has 4 aromatic rings. The van der Waals surface area contributed by atoms with Crippen LogP contribution in [0.15, 0.2) is 35.7 Å². The molecule has 0 bridgehead atoms. The van der Waals surface area contributed by atoms with Crippen LogP contribution in [0.4, 0.5) is 5.13 Å². The van der Waals surface area contributed by atoms with E-state index in [0.29, 0.717) is 0 Å². The number of rotatable bonds is 6. The molecule has 1 atom stereocenters. The van der Waals surface area contributed by atoms with Gasteiger partial charge in [0.25, 0.3) is 0 Å². The minimum absolute atomic E-state index is 0.236. The molecule has 0 aliphatic carbocycles. The number of tetrazole rings is 1. The predicted molar refractivity (Wildman–Crippen MR) is 122 cm³/mol. The molecule has 1 aromatic carbocycles. The number of hydrogen-bond donors (Lipinski definition) is 0. The first-order valence-corrected chi connectivity index (χ1v) is 12.1. The molecule has 0 amide bonds. The Kier molecular flexibility index (Phi) is 5.49. The number of piperazine rings is 1. The molecule has 0 spiro atoms. The summed E-state index contributed by atoms with van der Waals surface area (Å²) in [7, 11) is 0. The molecule has 1 saturated heterocycles. The van der Waals surface area contributed by atoms with Crippen molar-refractivity contribution in [2.45, 2.75) is 32.9 Å². The average molecular weight is 440 g/mol. The highest BCUT2D eigenvalue weighted by Gasteiger charge is 2.29. The quantitative estimate of drug-likeness (QED) is 0.453. The van der Waals surface area contributed by atoms with Gasteiger partial charge in [-0.3, -0.25) is 4.90 Å². The van der Waals surface area contributed by atoms with Crippen molar-refractivity contribution in [1.82, 2.24) is 30.1 Å². The maximum atomic E-state index is 4.86. The van der Waals surface area contributed by atoms with Crippen molar-refractivity contribution in [3.8, 4) is 0 Å². The van der Waals surface area contributed by atoms with Crippen molar-refractivity contribution in [3.05, 3.63) is 52.0 Å². The van der Waals surface area contributed by atoms with Gasteiger partial charge in [-0.1, -0.05) is 30.4 Å². The van der Waals surface area contributed by atoms with E-state index in [4.69, 9.17) is 4.98 Å². The van der Waals surface area contributed by atoms with Gasteiger partial charge in [-0.25, -0.2) is 9.67 Å². The number of thiophene rings is 1. The predicted octanol–water partition coefficient (Wildman–Crippen LogP) is 3.97. The molecule has 5 rings (SSSR count). The topological polar surface area (TPSA) is 63.0 Å². The molecular formula is C21H25N7S2. The highest BCUT2D eigenvalue weighted by atomic mass is 32.1. The van der Waals surface area contributed by atoms with Crippen LogP contribution in [-0.2, 0) is 6.54 Å². The zero-order chi connectivity index (χ0) is 20.5. The van der Waals surface area contributed by atoms with Gasteiger partial charge < -0.3 is 4.90 Å². The third-order valence-corrected chi connectivity index (χ3v) is 7.63. The lowest BCUT2D eigenvalue weighted by Crippen LogP contribution is -2.48. The Hall–Kier alpha value is -2.36. The Morgan fingerprint density at radius 2 is 2.00 bits per heavy atom. The summed E-state index contributed by atoms with van der Waals surface area (Å²) >= 11 is 3.54. The molecule has 4 heterocycles.